The summed E-state index contributed by atoms with van der Waals surface area (Å²) in [5.74, 6) is -1.000. The van der Waals surface area contributed by atoms with Crippen LogP contribution >= 0.6 is 0 Å². The Kier molecular flexibility index (Phi) is 4.92. The average molecular weight is 277 g/mol. The molecule has 0 aromatic carbocycles. The van der Waals surface area contributed by atoms with Gasteiger partial charge in [-0.15, -0.1) is 0 Å². The summed E-state index contributed by atoms with van der Waals surface area (Å²) in [6, 6.07) is 2.92. The number of aromatic carboxylic acids is 1. The van der Waals surface area contributed by atoms with E-state index in [9.17, 15) is 9.59 Å². The van der Waals surface area contributed by atoms with Gasteiger partial charge in [0.1, 0.15) is 0 Å². The molecule has 1 saturated carbocycles. The van der Waals surface area contributed by atoms with Crippen molar-refractivity contribution < 1.29 is 14.7 Å². The fourth-order valence-electron chi connectivity index (χ4n) is 2.36. The van der Waals surface area contributed by atoms with Crippen LogP contribution in [0.25, 0.3) is 0 Å². The Morgan fingerprint density at radius 2 is 2.05 bits per heavy atom. The lowest BCUT2D eigenvalue weighted by molar-refractivity contribution is 0.0696. The van der Waals surface area contributed by atoms with E-state index >= 15 is 0 Å². The summed E-state index contributed by atoms with van der Waals surface area (Å²) in [6.07, 6.45) is 7.05. The molecule has 1 aliphatic rings. The van der Waals surface area contributed by atoms with Crippen molar-refractivity contribution in [2.45, 2.75) is 44.7 Å². The van der Waals surface area contributed by atoms with Gasteiger partial charge in [-0.05, 0) is 25.0 Å². The third kappa shape index (κ3) is 4.22. The molecule has 0 aliphatic heterocycles. The molecule has 1 fully saturated rings. The number of hydrogen-bond acceptors (Lipinski definition) is 3. The maximum atomic E-state index is 11.7. The fraction of sp³-hybridized carbons (Fsp3) is 0.500. The van der Waals surface area contributed by atoms with E-state index in [1.807, 2.05) is 0 Å². The Labute approximate surface area is 117 Å². The number of nitrogens with zero attached hydrogens (tertiary/aromatic N) is 1. The van der Waals surface area contributed by atoms with Crippen LogP contribution in [0.15, 0.2) is 18.3 Å². The normalized spacial score (nSPS) is 15.6. The lowest BCUT2D eigenvalue weighted by Gasteiger charge is -2.22. The predicted octanol–water partition coefficient (Wildman–Crippen LogP) is 1.91. The van der Waals surface area contributed by atoms with Gasteiger partial charge in [0.05, 0.1) is 17.8 Å². The Morgan fingerprint density at radius 1 is 1.30 bits per heavy atom. The van der Waals surface area contributed by atoms with Crippen molar-refractivity contribution >= 4 is 12.0 Å². The highest BCUT2D eigenvalue weighted by Crippen LogP contribution is 2.17. The Morgan fingerprint density at radius 3 is 2.75 bits per heavy atom. The van der Waals surface area contributed by atoms with E-state index < -0.39 is 5.97 Å². The molecular formula is C14H19N3O3. The van der Waals surface area contributed by atoms with Crippen LogP contribution in [0, 0.1) is 0 Å². The summed E-state index contributed by atoms with van der Waals surface area (Å²) in [5.41, 5.74) is 0.702. The first-order valence-corrected chi connectivity index (χ1v) is 6.88. The summed E-state index contributed by atoms with van der Waals surface area (Å²) in [7, 11) is 0. The Balaban J connectivity index is 1.80. The summed E-state index contributed by atoms with van der Waals surface area (Å²) in [6.45, 7) is 0.222. The summed E-state index contributed by atoms with van der Waals surface area (Å²) >= 11 is 0. The molecule has 0 unspecified atom stereocenters. The van der Waals surface area contributed by atoms with Gasteiger partial charge in [0.2, 0.25) is 0 Å². The van der Waals surface area contributed by atoms with Crippen molar-refractivity contribution in [2.75, 3.05) is 0 Å². The third-order valence-electron chi connectivity index (χ3n) is 3.43. The van der Waals surface area contributed by atoms with Gasteiger partial charge >= 0.3 is 12.0 Å². The smallest absolute Gasteiger partial charge is 0.335 e. The molecule has 2 amide bonds. The molecule has 20 heavy (non-hydrogen) atoms. The number of carbonyl (C=O) groups is 2. The first-order chi connectivity index (χ1) is 9.65. The number of urea groups is 1. The minimum absolute atomic E-state index is 0.171. The van der Waals surface area contributed by atoms with Crippen LogP contribution in [-0.2, 0) is 6.54 Å². The Bertz CT molecular complexity index is 484. The zero-order valence-corrected chi connectivity index (χ0v) is 11.3. The topological polar surface area (TPSA) is 91.3 Å². The number of pyridine rings is 1. The largest absolute Gasteiger partial charge is 0.478 e. The van der Waals surface area contributed by atoms with Crippen LogP contribution in [-0.4, -0.2) is 28.1 Å². The minimum Gasteiger partial charge on any atom is -0.478 e. The highest BCUT2D eigenvalue weighted by Gasteiger charge is 2.15. The van der Waals surface area contributed by atoms with Gasteiger partial charge in [-0.1, -0.05) is 19.3 Å². The molecule has 6 heteroatoms. The van der Waals surface area contributed by atoms with Crippen molar-refractivity contribution in [3.8, 4) is 0 Å². The van der Waals surface area contributed by atoms with Gasteiger partial charge in [-0.25, -0.2) is 9.59 Å². The van der Waals surface area contributed by atoms with Gasteiger partial charge in [-0.3, -0.25) is 4.98 Å². The number of hydrogen-bond donors (Lipinski definition) is 3. The second kappa shape index (κ2) is 6.88. The van der Waals surface area contributed by atoms with Crippen LogP contribution in [0.3, 0.4) is 0 Å². The lowest BCUT2D eigenvalue weighted by atomic mass is 9.96. The third-order valence-corrected chi connectivity index (χ3v) is 3.43. The molecule has 0 saturated heterocycles. The van der Waals surface area contributed by atoms with Gasteiger partial charge in [-0.2, -0.15) is 0 Å². The molecule has 1 aliphatic carbocycles. The van der Waals surface area contributed by atoms with Crippen molar-refractivity contribution in [2.24, 2.45) is 0 Å². The molecule has 2 rings (SSSR count). The predicted molar refractivity (Wildman–Crippen MR) is 73.4 cm³/mol. The molecule has 0 radical (unpaired) electrons. The highest BCUT2D eigenvalue weighted by atomic mass is 16.4. The maximum Gasteiger partial charge on any atom is 0.335 e. The van der Waals surface area contributed by atoms with Gasteiger partial charge in [0.15, 0.2) is 0 Å². The van der Waals surface area contributed by atoms with E-state index in [0.29, 0.717) is 5.69 Å². The average Bonchev–Trinajstić information content (AvgIpc) is 2.46. The lowest BCUT2D eigenvalue weighted by Crippen LogP contribution is -2.42. The molecule has 0 atom stereocenters. The highest BCUT2D eigenvalue weighted by molar-refractivity contribution is 5.87. The van der Waals surface area contributed by atoms with Crippen LogP contribution in [0.4, 0.5) is 4.79 Å². The van der Waals surface area contributed by atoms with E-state index in [0.717, 1.165) is 25.7 Å². The number of rotatable bonds is 4. The number of carboxylic acid groups (broad SMARTS) is 1. The van der Waals surface area contributed by atoms with Crippen LogP contribution < -0.4 is 10.6 Å². The van der Waals surface area contributed by atoms with Gasteiger partial charge < -0.3 is 15.7 Å². The molecular weight excluding hydrogens is 258 g/mol. The van der Waals surface area contributed by atoms with Crippen molar-refractivity contribution in [3.63, 3.8) is 0 Å². The molecule has 1 heterocycles. The minimum atomic E-state index is -1.000. The van der Waals surface area contributed by atoms with Crippen LogP contribution in [0.2, 0.25) is 0 Å². The Hall–Kier alpha value is -2.11. The molecule has 6 nitrogen and oxygen atoms in total. The van der Waals surface area contributed by atoms with Crippen molar-refractivity contribution in [1.29, 1.82) is 0 Å². The summed E-state index contributed by atoms with van der Waals surface area (Å²) < 4.78 is 0. The zero-order valence-electron chi connectivity index (χ0n) is 11.3. The van der Waals surface area contributed by atoms with E-state index in [2.05, 4.69) is 15.6 Å². The molecule has 3 N–H and O–H groups in total. The van der Waals surface area contributed by atoms with Crippen LogP contribution in [0.5, 0.6) is 0 Å². The van der Waals surface area contributed by atoms with Gasteiger partial charge in [0.25, 0.3) is 0 Å². The molecule has 1 aromatic rings. The number of amides is 2. The van der Waals surface area contributed by atoms with E-state index in [1.165, 1.54) is 24.8 Å². The second-order valence-corrected chi connectivity index (χ2v) is 5.00. The molecule has 1 aromatic heterocycles. The quantitative estimate of drug-likeness (QED) is 0.784. The second-order valence-electron chi connectivity index (χ2n) is 5.00. The standard InChI is InChI=1S/C14H19N3O3/c18-13(19)10-6-7-15-12(8-10)9-16-14(20)17-11-4-2-1-3-5-11/h6-8,11H,1-5,9H2,(H,18,19)(H2,16,17,20). The zero-order chi connectivity index (χ0) is 14.4. The molecule has 0 bridgehead atoms. The maximum absolute atomic E-state index is 11.7. The first kappa shape index (κ1) is 14.3. The molecule has 0 spiro atoms. The van der Waals surface area contributed by atoms with Crippen LogP contribution in [0.1, 0.15) is 48.2 Å². The fourth-order valence-corrected chi connectivity index (χ4v) is 2.36. The number of carboxylic acids is 1. The molecule has 108 valence electrons. The van der Waals surface area contributed by atoms with E-state index in [1.54, 1.807) is 0 Å². The first-order valence-electron chi connectivity index (χ1n) is 6.88. The van der Waals surface area contributed by atoms with Crippen molar-refractivity contribution in [1.82, 2.24) is 15.6 Å². The number of nitrogens with one attached hydrogen (secondary N) is 2. The summed E-state index contributed by atoms with van der Waals surface area (Å²) in [4.78, 5) is 26.6. The SMILES string of the molecule is O=C(NCc1cc(C(=O)O)ccn1)NC1CCCCC1. The van der Waals surface area contributed by atoms with E-state index in [-0.39, 0.29) is 24.2 Å². The number of aromatic nitrogens is 1. The van der Waals surface area contributed by atoms with Gasteiger partial charge in [0, 0.05) is 12.2 Å². The van der Waals surface area contributed by atoms with E-state index in [4.69, 9.17) is 5.11 Å². The summed E-state index contributed by atoms with van der Waals surface area (Å²) in [5, 5.41) is 14.5. The number of carbonyl (C=O) groups excluding carboxylic acids is 1. The van der Waals surface area contributed by atoms with Crippen molar-refractivity contribution in [3.05, 3.63) is 29.6 Å². The monoisotopic (exact) mass is 277 g/mol.